The predicted octanol–water partition coefficient (Wildman–Crippen LogP) is 0.942. The molecule has 2 fully saturated rings. The fourth-order valence-corrected chi connectivity index (χ4v) is 3.03. The number of amides is 3. The summed E-state index contributed by atoms with van der Waals surface area (Å²) in [6.45, 7) is 2.91. The maximum atomic E-state index is 12.6. The van der Waals surface area contributed by atoms with Crippen molar-refractivity contribution < 1.29 is 19.1 Å². The number of carbonyl (C=O) groups excluding carboxylic acids is 3. The van der Waals surface area contributed by atoms with Gasteiger partial charge in [0.2, 0.25) is 0 Å². The SMILES string of the molecule is C[C@@H](C#N)OC(=O)CN1C(=O)N[C@@]2(CCCC[C@@H]2C)C1=O. The van der Waals surface area contributed by atoms with Crippen LogP contribution >= 0.6 is 0 Å². The van der Waals surface area contributed by atoms with E-state index < -0.39 is 30.2 Å². The molecule has 3 atom stereocenters. The normalized spacial score (nSPS) is 30.0. The number of rotatable bonds is 3. The van der Waals surface area contributed by atoms with Gasteiger partial charge in [0.15, 0.2) is 6.10 Å². The van der Waals surface area contributed by atoms with Gasteiger partial charge in [0.1, 0.15) is 18.2 Å². The van der Waals surface area contributed by atoms with Crippen molar-refractivity contribution in [1.29, 1.82) is 5.26 Å². The van der Waals surface area contributed by atoms with Gasteiger partial charge >= 0.3 is 12.0 Å². The van der Waals surface area contributed by atoms with Crippen LogP contribution in [0.3, 0.4) is 0 Å². The number of hydrogen-bond acceptors (Lipinski definition) is 5. The Morgan fingerprint density at radius 1 is 1.57 bits per heavy atom. The molecule has 0 bridgehead atoms. The number of carbonyl (C=O) groups is 3. The van der Waals surface area contributed by atoms with Gasteiger partial charge in [-0.15, -0.1) is 0 Å². The summed E-state index contributed by atoms with van der Waals surface area (Å²) in [6, 6.07) is 1.20. The second-order valence-corrected chi connectivity index (χ2v) is 5.70. The fraction of sp³-hybridized carbons (Fsp3) is 0.714. The van der Waals surface area contributed by atoms with Crippen LogP contribution in [0.2, 0.25) is 0 Å². The van der Waals surface area contributed by atoms with Crippen LogP contribution in [0.4, 0.5) is 4.79 Å². The van der Waals surface area contributed by atoms with Gasteiger partial charge in [-0.25, -0.2) is 4.79 Å². The third kappa shape index (κ3) is 2.71. The van der Waals surface area contributed by atoms with E-state index in [0.717, 1.165) is 24.2 Å². The van der Waals surface area contributed by atoms with Gasteiger partial charge in [0.25, 0.3) is 5.91 Å². The molecule has 1 aliphatic carbocycles. The van der Waals surface area contributed by atoms with Crippen molar-refractivity contribution in [1.82, 2.24) is 10.2 Å². The van der Waals surface area contributed by atoms with Crippen LogP contribution < -0.4 is 5.32 Å². The number of imide groups is 1. The minimum atomic E-state index is -0.902. The zero-order chi connectivity index (χ0) is 15.6. The molecule has 1 N–H and O–H groups in total. The number of nitrogens with one attached hydrogen (secondary N) is 1. The molecule has 0 aromatic heterocycles. The molecule has 7 nitrogen and oxygen atoms in total. The second kappa shape index (κ2) is 5.72. The quantitative estimate of drug-likeness (QED) is 0.616. The number of ether oxygens (including phenoxy) is 1. The first-order chi connectivity index (χ1) is 9.90. The third-order valence-corrected chi connectivity index (χ3v) is 4.28. The van der Waals surface area contributed by atoms with Gasteiger partial charge in [-0.05, 0) is 25.7 Å². The molecule has 0 aromatic carbocycles. The first kappa shape index (κ1) is 15.3. The first-order valence-corrected chi connectivity index (χ1v) is 7.14. The lowest BCUT2D eigenvalue weighted by Gasteiger charge is -2.36. The molecule has 0 radical (unpaired) electrons. The maximum absolute atomic E-state index is 12.6. The molecule has 2 rings (SSSR count). The largest absolute Gasteiger partial charge is 0.446 e. The maximum Gasteiger partial charge on any atom is 0.327 e. The molecule has 1 spiro atoms. The van der Waals surface area contributed by atoms with Crippen LogP contribution in [0.1, 0.15) is 39.5 Å². The Morgan fingerprint density at radius 2 is 2.29 bits per heavy atom. The molecule has 114 valence electrons. The summed E-state index contributed by atoms with van der Waals surface area (Å²) >= 11 is 0. The standard InChI is InChI=1S/C14H19N3O4/c1-9-5-3-4-6-14(9)12(19)17(13(20)16-14)8-11(18)21-10(2)7-15/h9-10H,3-6,8H2,1-2H3,(H,16,20)/t9-,10-,14+/m0/s1. The van der Waals surface area contributed by atoms with E-state index >= 15 is 0 Å². The van der Waals surface area contributed by atoms with Gasteiger partial charge < -0.3 is 10.1 Å². The van der Waals surface area contributed by atoms with Crippen molar-refractivity contribution in [2.24, 2.45) is 5.92 Å². The van der Waals surface area contributed by atoms with Crippen LogP contribution in [-0.4, -0.2) is 41.0 Å². The third-order valence-electron chi connectivity index (χ3n) is 4.28. The summed E-state index contributed by atoms with van der Waals surface area (Å²) in [4.78, 5) is 37.1. The lowest BCUT2D eigenvalue weighted by atomic mass is 9.73. The minimum absolute atomic E-state index is 0.0433. The van der Waals surface area contributed by atoms with E-state index in [1.807, 2.05) is 6.92 Å². The second-order valence-electron chi connectivity index (χ2n) is 5.70. The molecular weight excluding hydrogens is 274 g/mol. The highest BCUT2D eigenvalue weighted by Crippen LogP contribution is 2.38. The lowest BCUT2D eigenvalue weighted by molar-refractivity contribution is -0.150. The van der Waals surface area contributed by atoms with E-state index in [4.69, 9.17) is 10.00 Å². The minimum Gasteiger partial charge on any atom is -0.446 e. The molecule has 0 aromatic rings. The average Bonchev–Trinajstić information content (AvgIpc) is 2.67. The van der Waals surface area contributed by atoms with Crippen molar-refractivity contribution >= 4 is 17.9 Å². The number of esters is 1. The molecule has 1 saturated carbocycles. The molecule has 21 heavy (non-hydrogen) atoms. The van der Waals surface area contributed by atoms with Crippen molar-refractivity contribution in [2.75, 3.05) is 6.54 Å². The summed E-state index contributed by atoms with van der Waals surface area (Å²) in [6.07, 6.45) is 2.48. The smallest absolute Gasteiger partial charge is 0.327 e. The Morgan fingerprint density at radius 3 is 2.90 bits per heavy atom. The molecule has 3 amide bonds. The Bertz CT molecular complexity index is 513. The van der Waals surface area contributed by atoms with E-state index in [9.17, 15) is 14.4 Å². The van der Waals surface area contributed by atoms with E-state index in [1.165, 1.54) is 6.92 Å². The molecule has 2 aliphatic rings. The Balaban J connectivity index is 2.09. The van der Waals surface area contributed by atoms with E-state index in [0.29, 0.717) is 6.42 Å². The fourth-order valence-electron chi connectivity index (χ4n) is 3.03. The number of hydrogen-bond donors (Lipinski definition) is 1. The molecule has 7 heteroatoms. The Kier molecular flexibility index (Phi) is 4.16. The highest BCUT2D eigenvalue weighted by atomic mass is 16.5. The van der Waals surface area contributed by atoms with Crippen LogP contribution in [0.15, 0.2) is 0 Å². The first-order valence-electron chi connectivity index (χ1n) is 7.14. The van der Waals surface area contributed by atoms with Gasteiger partial charge in [-0.3, -0.25) is 14.5 Å². The lowest BCUT2D eigenvalue weighted by Crippen LogP contribution is -2.54. The van der Waals surface area contributed by atoms with Gasteiger partial charge in [0, 0.05) is 0 Å². The summed E-state index contributed by atoms with van der Waals surface area (Å²) in [5.41, 5.74) is -0.879. The van der Waals surface area contributed by atoms with Crippen molar-refractivity contribution in [3.05, 3.63) is 0 Å². The van der Waals surface area contributed by atoms with Crippen LogP contribution in [0.25, 0.3) is 0 Å². The highest BCUT2D eigenvalue weighted by molar-refractivity contribution is 6.08. The van der Waals surface area contributed by atoms with Gasteiger partial charge in [-0.2, -0.15) is 5.26 Å². The number of nitrogens with zero attached hydrogens (tertiary/aromatic N) is 2. The Hall–Kier alpha value is -2.10. The van der Waals surface area contributed by atoms with E-state index in [1.54, 1.807) is 6.07 Å². The van der Waals surface area contributed by atoms with Gasteiger partial charge in [-0.1, -0.05) is 19.8 Å². The Labute approximate surface area is 123 Å². The zero-order valence-corrected chi connectivity index (χ0v) is 12.2. The van der Waals surface area contributed by atoms with Crippen molar-refractivity contribution in [2.45, 2.75) is 51.2 Å². The van der Waals surface area contributed by atoms with E-state index in [-0.39, 0.29) is 11.8 Å². The number of nitriles is 1. The topological polar surface area (TPSA) is 99.5 Å². The summed E-state index contributed by atoms with van der Waals surface area (Å²) in [5.74, 6) is -1.07. The monoisotopic (exact) mass is 293 g/mol. The van der Waals surface area contributed by atoms with Crippen LogP contribution in [0.5, 0.6) is 0 Å². The van der Waals surface area contributed by atoms with Gasteiger partial charge in [0.05, 0.1) is 0 Å². The van der Waals surface area contributed by atoms with E-state index in [2.05, 4.69) is 5.32 Å². The number of urea groups is 1. The summed E-state index contributed by atoms with van der Waals surface area (Å²) in [5, 5.41) is 11.4. The van der Waals surface area contributed by atoms with Crippen molar-refractivity contribution in [3.8, 4) is 6.07 Å². The highest BCUT2D eigenvalue weighted by Gasteiger charge is 2.55. The molecule has 1 saturated heterocycles. The molecule has 0 unspecified atom stereocenters. The predicted molar refractivity (Wildman–Crippen MR) is 71.8 cm³/mol. The van der Waals surface area contributed by atoms with Crippen LogP contribution in [-0.2, 0) is 14.3 Å². The summed E-state index contributed by atoms with van der Waals surface area (Å²) in [7, 11) is 0. The zero-order valence-electron chi connectivity index (χ0n) is 12.2. The molecule has 1 heterocycles. The molecule has 1 aliphatic heterocycles. The summed E-state index contributed by atoms with van der Waals surface area (Å²) < 4.78 is 4.79. The molecular formula is C14H19N3O4. The average molecular weight is 293 g/mol. The van der Waals surface area contributed by atoms with Crippen LogP contribution in [0, 0.1) is 17.2 Å². The van der Waals surface area contributed by atoms with Crippen molar-refractivity contribution in [3.63, 3.8) is 0 Å².